The molecule has 0 amide bonds. The van der Waals surface area contributed by atoms with Crippen LogP contribution in [0.15, 0.2) is 54.6 Å². The molecule has 1 aliphatic heterocycles. The Hall–Kier alpha value is -2.43. The van der Waals surface area contributed by atoms with Crippen LogP contribution in [0, 0.1) is 19.8 Å². The number of carboxylic acid groups (broad SMARTS) is 1. The quantitative estimate of drug-likeness (QED) is 0.669. The molecule has 0 aromatic heterocycles. The molecular weight excluding hydrogens is 362 g/mol. The minimum absolute atomic E-state index is 0.239. The summed E-state index contributed by atoms with van der Waals surface area (Å²) in [5, 5.41) is 9.22. The van der Waals surface area contributed by atoms with Gasteiger partial charge in [-0.3, -0.25) is 4.79 Å². The lowest BCUT2D eigenvalue weighted by Gasteiger charge is -2.30. The van der Waals surface area contributed by atoms with E-state index in [1.54, 1.807) is 0 Å². The third-order valence-electron chi connectivity index (χ3n) is 5.68. The molecule has 4 heteroatoms. The number of rotatable bonds is 8. The van der Waals surface area contributed by atoms with E-state index < -0.39 is 5.97 Å². The lowest BCUT2D eigenvalue weighted by molar-refractivity contribution is -0.143. The standard InChI is InChI=1S/C25H31NO3/c1-19-8-3-5-11-22(19)24(23-12-6-4-9-20(23)2)13-16-29-17-15-26-14-7-10-21(18-26)25(27)28/h3-6,8-9,11-13,21H,7,10,14-18H2,1-2H3,(H,27,28)/t21-/m1/s1. The monoisotopic (exact) mass is 393 g/mol. The summed E-state index contributed by atoms with van der Waals surface area (Å²) in [7, 11) is 0. The molecule has 1 aliphatic rings. The van der Waals surface area contributed by atoms with Crippen LogP contribution in [0.4, 0.5) is 0 Å². The van der Waals surface area contributed by atoms with Crippen LogP contribution in [-0.4, -0.2) is 48.8 Å². The number of benzene rings is 2. The predicted molar refractivity (Wildman–Crippen MR) is 117 cm³/mol. The predicted octanol–water partition coefficient (Wildman–Crippen LogP) is 4.55. The molecule has 0 radical (unpaired) electrons. The maximum absolute atomic E-state index is 11.2. The van der Waals surface area contributed by atoms with E-state index in [-0.39, 0.29) is 5.92 Å². The zero-order valence-electron chi connectivity index (χ0n) is 17.4. The molecular formula is C25H31NO3. The molecule has 0 bridgehead atoms. The summed E-state index contributed by atoms with van der Waals surface area (Å²) in [6.07, 6.45) is 3.90. The van der Waals surface area contributed by atoms with Gasteiger partial charge in [0.05, 0.1) is 19.1 Å². The van der Waals surface area contributed by atoms with E-state index in [4.69, 9.17) is 4.74 Å². The molecule has 1 N–H and O–H groups in total. The lowest BCUT2D eigenvalue weighted by Crippen LogP contribution is -2.40. The molecule has 1 atom stereocenters. The summed E-state index contributed by atoms with van der Waals surface area (Å²) in [4.78, 5) is 13.4. The fourth-order valence-electron chi connectivity index (χ4n) is 3.99. The Morgan fingerprint density at radius 3 is 2.31 bits per heavy atom. The van der Waals surface area contributed by atoms with E-state index >= 15 is 0 Å². The molecule has 2 aromatic rings. The Bertz CT molecular complexity index is 811. The SMILES string of the molecule is Cc1ccccc1C(=CCOCCN1CCC[C@@H](C(=O)O)C1)c1ccccc1C. The highest BCUT2D eigenvalue weighted by molar-refractivity contribution is 5.82. The first-order valence-electron chi connectivity index (χ1n) is 10.4. The molecule has 3 rings (SSSR count). The molecule has 0 aliphatic carbocycles. The lowest BCUT2D eigenvalue weighted by atomic mass is 9.91. The Morgan fingerprint density at radius 2 is 1.72 bits per heavy atom. The van der Waals surface area contributed by atoms with Gasteiger partial charge in [-0.05, 0) is 61.1 Å². The Kier molecular flexibility index (Phi) is 7.62. The second-order valence-corrected chi connectivity index (χ2v) is 7.80. The average molecular weight is 394 g/mol. The summed E-state index contributed by atoms with van der Waals surface area (Å²) in [5.74, 6) is -0.919. The maximum Gasteiger partial charge on any atom is 0.307 e. The van der Waals surface area contributed by atoms with Crippen LogP contribution >= 0.6 is 0 Å². The topological polar surface area (TPSA) is 49.8 Å². The molecule has 154 valence electrons. The highest BCUT2D eigenvalue weighted by Gasteiger charge is 2.24. The van der Waals surface area contributed by atoms with E-state index in [2.05, 4.69) is 73.4 Å². The van der Waals surface area contributed by atoms with E-state index in [0.29, 0.717) is 19.8 Å². The van der Waals surface area contributed by atoms with Gasteiger partial charge < -0.3 is 14.7 Å². The van der Waals surface area contributed by atoms with Crippen molar-refractivity contribution in [1.29, 1.82) is 0 Å². The summed E-state index contributed by atoms with van der Waals surface area (Å²) < 4.78 is 5.92. The van der Waals surface area contributed by atoms with Gasteiger partial charge in [0.15, 0.2) is 0 Å². The van der Waals surface area contributed by atoms with Crippen molar-refractivity contribution < 1.29 is 14.6 Å². The van der Waals surface area contributed by atoms with Gasteiger partial charge in [0, 0.05) is 13.1 Å². The van der Waals surface area contributed by atoms with Crippen molar-refractivity contribution in [3.63, 3.8) is 0 Å². The first-order chi connectivity index (χ1) is 14.1. The fourth-order valence-corrected chi connectivity index (χ4v) is 3.99. The van der Waals surface area contributed by atoms with Gasteiger partial charge in [-0.2, -0.15) is 0 Å². The largest absolute Gasteiger partial charge is 0.481 e. The van der Waals surface area contributed by atoms with Crippen molar-refractivity contribution in [3.05, 3.63) is 76.9 Å². The van der Waals surface area contributed by atoms with Crippen LogP contribution in [-0.2, 0) is 9.53 Å². The van der Waals surface area contributed by atoms with Crippen molar-refractivity contribution in [3.8, 4) is 0 Å². The summed E-state index contributed by atoms with van der Waals surface area (Å²) in [5.41, 5.74) is 6.15. The number of nitrogens with zero attached hydrogens (tertiary/aromatic N) is 1. The van der Waals surface area contributed by atoms with Crippen LogP contribution in [0.5, 0.6) is 0 Å². The highest BCUT2D eigenvalue weighted by Crippen LogP contribution is 2.28. The Labute approximate surface area is 173 Å². The Balaban J connectivity index is 1.63. The number of piperidine rings is 1. The Morgan fingerprint density at radius 1 is 1.10 bits per heavy atom. The fraction of sp³-hybridized carbons (Fsp3) is 0.400. The summed E-state index contributed by atoms with van der Waals surface area (Å²) in [6.45, 7) is 7.79. The molecule has 1 saturated heterocycles. The highest BCUT2D eigenvalue weighted by atomic mass is 16.5. The second kappa shape index (κ2) is 10.4. The number of hydrogen-bond donors (Lipinski definition) is 1. The minimum Gasteiger partial charge on any atom is -0.481 e. The van der Waals surface area contributed by atoms with E-state index in [1.165, 1.54) is 27.8 Å². The molecule has 1 fully saturated rings. The van der Waals surface area contributed by atoms with E-state index in [0.717, 1.165) is 25.9 Å². The molecule has 0 spiro atoms. The van der Waals surface area contributed by atoms with Gasteiger partial charge in [-0.1, -0.05) is 54.6 Å². The minimum atomic E-state index is -0.681. The number of likely N-dealkylation sites (tertiary alicyclic amines) is 1. The number of carboxylic acids is 1. The average Bonchev–Trinajstić information content (AvgIpc) is 2.72. The number of ether oxygens (including phenoxy) is 1. The van der Waals surface area contributed by atoms with E-state index in [9.17, 15) is 9.90 Å². The van der Waals surface area contributed by atoms with Crippen molar-refractivity contribution in [2.45, 2.75) is 26.7 Å². The third kappa shape index (κ3) is 5.78. The summed E-state index contributed by atoms with van der Waals surface area (Å²) in [6, 6.07) is 16.9. The second-order valence-electron chi connectivity index (χ2n) is 7.80. The van der Waals surface area contributed by atoms with Crippen LogP contribution in [0.1, 0.15) is 35.1 Å². The first-order valence-corrected chi connectivity index (χ1v) is 10.4. The molecule has 2 aromatic carbocycles. The van der Waals surface area contributed by atoms with Gasteiger partial charge in [0.25, 0.3) is 0 Å². The van der Waals surface area contributed by atoms with Crippen molar-refractivity contribution in [1.82, 2.24) is 4.90 Å². The summed E-state index contributed by atoms with van der Waals surface area (Å²) >= 11 is 0. The zero-order valence-corrected chi connectivity index (χ0v) is 17.4. The van der Waals surface area contributed by atoms with Crippen LogP contribution in [0.25, 0.3) is 5.57 Å². The molecule has 1 heterocycles. The van der Waals surface area contributed by atoms with Gasteiger partial charge in [-0.15, -0.1) is 0 Å². The van der Waals surface area contributed by atoms with Gasteiger partial charge >= 0.3 is 5.97 Å². The molecule has 29 heavy (non-hydrogen) atoms. The number of carbonyl (C=O) groups is 1. The molecule has 0 saturated carbocycles. The first kappa shape index (κ1) is 21.3. The van der Waals surface area contributed by atoms with Gasteiger partial charge in [0.2, 0.25) is 0 Å². The van der Waals surface area contributed by atoms with Gasteiger partial charge in [-0.25, -0.2) is 0 Å². The van der Waals surface area contributed by atoms with E-state index in [1.807, 2.05) is 0 Å². The smallest absolute Gasteiger partial charge is 0.307 e. The third-order valence-corrected chi connectivity index (χ3v) is 5.68. The number of hydrogen-bond acceptors (Lipinski definition) is 3. The van der Waals surface area contributed by atoms with Crippen molar-refractivity contribution in [2.24, 2.45) is 5.92 Å². The van der Waals surface area contributed by atoms with Crippen molar-refractivity contribution >= 4 is 11.5 Å². The van der Waals surface area contributed by atoms with Gasteiger partial charge in [0.1, 0.15) is 0 Å². The zero-order chi connectivity index (χ0) is 20.6. The van der Waals surface area contributed by atoms with Crippen LogP contribution in [0.2, 0.25) is 0 Å². The normalized spacial score (nSPS) is 17.1. The van der Waals surface area contributed by atoms with Crippen molar-refractivity contribution in [2.75, 3.05) is 32.8 Å². The van der Waals surface area contributed by atoms with Crippen LogP contribution < -0.4 is 0 Å². The molecule has 0 unspecified atom stereocenters. The molecule has 4 nitrogen and oxygen atoms in total. The maximum atomic E-state index is 11.2. The number of aryl methyl sites for hydroxylation is 2. The number of aliphatic carboxylic acids is 1. The van der Waals surface area contributed by atoms with Crippen LogP contribution in [0.3, 0.4) is 0 Å².